The normalized spacial score (nSPS) is 12.9. The van der Waals surface area contributed by atoms with E-state index in [0.717, 1.165) is 12.0 Å². The number of aliphatic carboxylic acids is 1. The van der Waals surface area contributed by atoms with Crippen LogP contribution in [0.3, 0.4) is 0 Å². The Morgan fingerprint density at radius 1 is 1.29 bits per heavy atom. The molecule has 17 heavy (non-hydrogen) atoms. The van der Waals surface area contributed by atoms with Gasteiger partial charge in [0.2, 0.25) is 0 Å². The molecule has 3 nitrogen and oxygen atoms in total. The maximum absolute atomic E-state index is 11.1. The lowest BCUT2D eigenvalue weighted by molar-refractivity contribution is -0.145. The molecule has 0 rings (SSSR count). The van der Waals surface area contributed by atoms with Crippen LogP contribution in [0.25, 0.3) is 0 Å². The van der Waals surface area contributed by atoms with Crippen molar-refractivity contribution in [2.24, 2.45) is 5.92 Å². The Morgan fingerprint density at radius 3 is 2.12 bits per heavy atom. The molecular formula is C14H24O3. The van der Waals surface area contributed by atoms with Crippen molar-refractivity contribution >= 4 is 11.8 Å². The summed E-state index contributed by atoms with van der Waals surface area (Å²) in [5.41, 5.74) is 0.905. The number of carboxylic acids is 1. The van der Waals surface area contributed by atoms with E-state index >= 15 is 0 Å². The van der Waals surface area contributed by atoms with Gasteiger partial charge in [0.1, 0.15) is 11.7 Å². The van der Waals surface area contributed by atoms with Crippen LogP contribution in [0, 0.1) is 5.92 Å². The van der Waals surface area contributed by atoms with Crippen LogP contribution in [-0.4, -0.2) is 16.9 Å². The van der Waals surface area contributed by atoms with Crippen LogP contribution >= 0.6 is 0 Å². The minimum Gasteiger partial charge on any atom is -0.481 e. The van der Waals surface area contributed by atoms with Crippen molar-refractivity contribution in [1.82, 2.24) is 0 Å². The lowest BCUT2D eigenvalue weighted by atomic mass is 9.95. The molecule has 0 saturated heterocycles. The Bertz CT molecular complexity index is 274. The minimum atomic E-state index is -1.05. The van der Waals surface area contributed by atoms with Crippen LogP contribution < -0.4 is 0 Å². The fourth-order valence-electron chi connectivity index (χ4n) is 1.34. The molecule has 0 aliphatic carbocycles. The number of rotatable bonds is 6. The van der Waals surface area contributed by atoms with Crippen LogP contribution in [0.15, 0.2) is 23.8 Å². The summed E-state index contributed by atoms with van der Waals surface area (Å²) in [7, 11) is 0. The van der Waals surface area contributed by atoms with Crippen molar-refractivity contribution in [2.75, 3.05) is 0 Å². The first-order valence-corrected chi connectivity index (χ1v) is 6.07. The molecule has 0 aliphatic heterocycles. The highest BCUT2D eigenvalue weighted by molar-refractivity contribution is 5.97. The zero-order chi connectivity index (χ0) is 13.8. The number of hydrogen-bond acceptors (Lipinski definition) is 2. The molecule has 98 valence electrons. The summed E-state index contributed by atoms with van der Waals surface area (Å²) in [4.78, 5) is 21.9. The molecule has 0 aromatic rings. The lowest BCUT2D eigenvalue weighted by Gasteiger charge is -2.09. The van der Waals surface area contributed by atoms with Gasteiger partial charge >= 0.3 is 5.97 Å². The molecule has 0 saturated carbocycles. The number of Topliss-reactive ketones (excluding diaryl/α,β-unsaturated/α-hetero) is 1. The van der Waals surface area contributed by atoms with Gasteiger partial charge in [0.25, 0.3) is 0 Å². The van der Waals surface area contributed by atoms with Gasteiger partial charge in [-0.25, -0.2) is 0 Å². The smallest absolute Gasteiger partial charge is 0.314 e. The van der Waals surface area contributed by atoms with Crippen LogP contribution in [0.2, 0.25) is 0 Å². The highest BCUT2D eigenvalue weighted by Crippen LogP contribution is 2.15. The molecule has 1 atom stereocenters. The van der Waals surface area contributed by atoms with E-state index in [1.165, 1.54) is 6.92 Å². The van der Waals surface area contributed by atoms with E-state index in [2.05, 4.69) is 0 Å². The maximum atomic E-state index is 11.1. The molecule has 0 heterocycles. The van der Waals surface area contributed by atoms with Crippen molar-refractivity contribution in [3.8, 4) is 0 Å². The van der Waals surface area contributed by atoms with Gasteiger partial charge in [-0.3, -0.25) is 9.59 Å². The third kappa shape index (κ3) is 8.43. The fourth-order valence-corrected chi connectivity index (χ4v) is 1.34. The third-order valence-corrected chi connectivity index (χ3v) is 2.08. The Balaban J connectivity index is 0. The van der Waals surface area contributed by atoms with E-state index in [0.29, 0.717) is 0 Å². The molecule has 0 aromatic heterocycles. The average molecular weight is 240 g/mol. The number of carboxylic acid groups (broad SMARTS) is 1. The van der Waals surface area contributed by atoms with Gasteiger partial charge in [-0.15, -0.1) is 0 Å². The fraction of sp³-hybridized carbons (Fsp3) is 0.571. The van der Waals surface area contributed by atoms with E-state index in [1.54, 1.807) is 0 Å². The van der Waals surface area contributed by atoms with E-state index in [-0.39, 0.29) is 12.2 Å². The summed E-state index contributed by atoms with van der Waals surface area (Å²) < 4.78 is 0. The highest BCUT2D eigenvalue weighted by Gasteiger charge is 2.22. The van der Waals surface area contributed by atoms with Crippen LogP contribution in [0.4, 0.5) is 0 Å². The molecule has 0 bridgehead atoms. The van der Waals surface area contributed by atoms with Gasteiger partial charge in [-0.1, -0.05) is 44.6 Å². The van der Waals surface area contributed by atoms with Crippen LogP contribution in [-0.2, 0) is 9.59 Å². The third-order valence-electron chi connectivity index (χ3n) is 2.08. The van der Waals surface area contributed by atoms with Gasteiger partial charge in [0.05, 0.1) is 0 Å². The number of hydrogen-bond donors (Lipinski definition) is 1. The van der Waals surface area contributed by atoms with Gasteiger partial charge < -0.3 is 5.11 Å². The number of carbonyl (C=O) groups is 2. The summed E-state index contributed by atoms with van der Waals surface area (Å²) in [6, 6.07) is 0. The quantitative estimate of drug-likeness (QED) is 0.570. The highest BCUT2D eigenvalue weighted by atomic mass is 16.4. The number of allylic oxidation sites excluding steroid dienone is 4. The second-order valence-electron chi connectivity index (χ2n) is 3.39. The zero-order valence-electron chi connectivity index (χ0n) is 11.5. The predicted molar refractivity (Wildman–Crippen MR) is 71.0 cm³/mol. The Kier molecular flexibility index (Phi) is 11.8. The summed E-state index contributed by atoms with van der Waals surface area (Å²) in [6.45, 7) is 9.16. The second kappa shape index (κ2) is 11.1. The summed E-state index contributed by atoms with van der Waals surface area (Å²) in [5, 5.41) is 8.86. The molecular weight excluding hydrogens is 216 g/mol. The first-order chi connectivity index (χ1) is 8.02. The summed E-state index contributed by atoms with van der Waals surface area (Å²) in [5.74, 6) is -2.26. The van der Waals surface area contributed by atoms with E-state index in [1.807, 2.05) is 45.9 Å². The molecule has 0 radical (unpaired) electrons. The molecule has 1 N–H and O–H groups in total. The SMILES string of the molecule is C/C=C\C(=C/CC)CC(C(C)=O)C(=O)O.CC. The zero-order valence-corrected chi connectivity index (χ0v) is 11.5. The van der Waals surface area contributed by atoms with E-state index in [4.69, 9.17) is 5.11 Å². The van der Waals surface area contributed by atoms with Crippen molar-refractivity contribution < 1.29 is 14.7 Å². The van der Waals surface area contributed by atoms with Crippen LogP contribution in [0.5, 0.6) is 0 Å². The summed E-state index contributed by atoms with van der Waals surface area (Å²) in [6.07, 6.45) is 6.76. The van der Waals surface area contributed by atoms with Crippen LogP contribution in [0.1, 0.15) is 47.5 Å². The summed E-state index contributed by atoms with van der Waals surface area (Å²) >= 11 is 0. The molecule has 0 aromatic carbocycles. The van der Waals surface area contributed by atoms with Crippen molar-refractivity contribution in [2.45, 2.75) is 47.5 Å². The van der Waals surface area contributed by atoms with E-state index in [9.17, 15) is 9.59 Å². The Labute approximate surface area is 104 Å². The first kappa shape index (κ1) is 18.0. The first-order valence-electron chi connectivity index (χ1n) is 6.07. The molecule has 0 aliphatic rings. The van der Waals surface area contributed by atoms with Crippen molar-refractivity contribution in [3.63, 3.8) is 0 Å². The molecule has 0 amide bonds. The predicted octanol–water partition coefficient (Wildman–Crippen LogP) is 3.61. The van der Waals surface area contributed by atoms with Gasteiger partial charge in [-0.05, 0) is 26.7 Å². The largest absolute Gasteiger partial charge is 0.481 e. The Hall–Kier alpha value is -1.38. The van der Waals surface area contributed by atoms with Gasteiger partial charge in [-0.2, -0.15) is 0 Å². The van der Waals surface area contributed by atoms with Crippen molar-refractivity contribution in [3.05, 3.63) is 23.8 Å². The Morgan fingerprint density at radius 2 is 1.82 bits per heavy atom. The second-order valence-corrected chi connectivity index (χ2v) is 3.39. The average Bonchev–Trinajstić information content (AvgIpc) is 2.28. The maximum Gasteiger partial charge on any atom is 0.314 e. The molecule has 3 heteroatoms. The van der Waals surface area contributed by atoms with Crippen molar-refractivity contribution in [1.29, 1.82) is 0 Å². The van der Waals surface area contributed by atoms with Gasteiger partial charge in [0, 0.05) is 0 Å². The van der Waals surface area contributed by atoms with E-state index < -0.39 is 11.9 Å². The topological polar surface area (TPSA) is 54.4 Å². The molecule has 0 spiro atoms. The minimum absolute atomic E-state index is 0.281. The molecule has 1 unspecified atom stereocenters. The monoisotopic (exact) mass is 240 g/mol. The number of ketones is 1. The standard InChI is InChI=1S/C12H18O3.C2H6/c1-4-6-10(7-5-2)8-11(9(3)13)12(14)15;1-2/h4,6-7,11H,5,8H2,1-3H3,(H,14,15);1-2H3/b6-4-,10-7+;. The lowest BCUT2D eigenvalue weighted by Crippen LogP contribution is -2.21. The van der Waals surface area contributed by atoms with Gasteiger partial charge in [0.15, 0.2) is 0 Å². The number of carbonyl (C=O) groups excluding carboxylic acids is 1. The molecule has 0 fully saturated rings.